The van der Waals surface area contributed by atoms with Crippen molar-refractivity contribution in [1.29, 1.82) is 0 Å². The molecule has 2 aromatic heterocycles. The second-order valence-corrected chi connectivity index (χ2v) is 5.79. The van der Waals surface area contributed by atoms with Gasteiger partial charge in [0.25, 0.3) is 0 Å². The van der Waals surface area contributed by atoms with Gasteiger partial charge in [0, 0.05) is 6.04 Å². The number of tetrazole rings is 1. The number of nitrogens with one attached hydrogen (secondary N) is 1. The van der Waals surface area contributed by atoms with E-state index in [9.17, 15) is 0 Å². The van der Waals surface area contributed by atoms with E-state index in [1.54, 1.807) is 0 Å². The summed E-state index contributed by atoms with van der Waals surface area (Å²) in [6, 6.07) is 4.46. The van der Waals surface area contributed by atoms with Crippen LogP contribution in [0.15, 0.2) is 12.1 Å². The summed E-state index contributed by atoms with van der Waals surface area (Å²) < 4.78 is 1.47. The maximum atomic E-state index is 4.36. The van der Waals surface area contributed by atoms with E-state index in [-0.39, 0.29) is 0 Å². The minimum Gasteiger partial charge on any atom is -0.366 e. The van der Waals surface area contributed by atoms with Gasteiger partial charge in [0.1, 0.15) is 5.82 Å². The zero-order valence-electron chi connectivity index (χ0n) is 10.9. The number of anilines is 1. The van der Waals surface area contributed by atoms with Crippen molar-refractivity contribution in [3.63, 3.8) is 0 Å². The lowest BCUT2D eigenvalue weighted by Gasteiger charge is -2.21. The maximum absolute atomic E-state index is 4.36. The molecular weight excluding hydrogens is 240 g/mol. The first kappa shape index (κ1) is 11.1. The molecule has 0 amide bonds. The zero-order chi connectivity index (χ0) is 12.7. The summed E-state index contributed by atoms with van der Waals surface area (Å²) in [7, 11) is 0. The first-order valence-electron chi connectivity index (χ1n) is 7.22. The molecule has 2 aliphatic carbocycles. The van der Waals surface area contributed by atoms with E-state index in [1.165, 1.54) is 43.2 Å². The van der Waals surface area contributed by atoms with Gasteiger partial charge in [0.05, 0.1) is 0 Å². The summed E-state index contributed by atoms with van der Waals surface area (Å²) in [6.45, 7) is 0. The average Bonchev–Trinajstić information content (AvgIpc) is 3.06. The quantitative estimate of drug-likeness (QED) is 0.910. The van der Waals surface area contributed by atoms with Gasteiger partial charge in [-0.3, -0.25) is 0 Å². The van der Waals surface area contributed by atoms with Crippen LogP contribution in [0.3, 0.4) is 0 Å². The lowest BCUT2D eigenvalue weighted by molar-refractivity contribution is 0.320. The van der Waals surface area contributed by atoms with Crippen molar-refractivity contribution in [2.45, 2.75) is 44.6 Å². The van der Waals surface area contributed by atoms with E-state index >= 15 is 0 Å². The van der Waals surface area contributed by atoms with E-state index < -0.39 is 0 Å². The van der Waals surface area contributed by atoms with Crippen LogP contribution >= 0.6 is 0 Å². The minimum absolute atomic E-state index is 0.601. The van der Waals surface area contributed by atoms with E-state index in [0.29, 0.717) is 11.7 Å². The third kappa shape index (κ3) is 2.15. The zero-order valence-corrected chi connectivity index (χ0v) is 10.9. The van der Waals surface area contributed by atoms with Crippen molar-refractivity contribution >= 4 is 11.5 Å². The van der Waals surface area contributed by atoms with Gasteiger partial charge >= 0.3 is 0 Å². The standard InChI is InChI=1S/C13H18N6/c1-2-4-9(5-3-1)10-8-11(10)14-12-6-7-13-15-17-18-19(13)16-12/h6-7,9-11H,1-5,8H2,(H,14,16)/t10-,11+/m0/s1. The number of hydrogen-bond acceptors (Lipinski definition) is 5. The van der Waals surface area contributed by atoms with Crippen LogP contribution in [0.4, 0.5) is 5.82 Å². The molecule has 19 heavy (non-hydrogen) atoms. The van der Waals surface area contributed by atoms with Crippen molar-refractivity contribution in [2.24, 2.45) is 11.8 Å². The average molecular weight is 258 g/mol. The smallest absolute Gasteiger partial charge is 0.200 e. The van der Waals surface area contributed by atoms with Crippen LogP contribution in [-0.2, 0) is 0 Å². The molecule has 4 rings (SSSR count). The Kier molecular flexibility index (Phi) is 2.60. The van der Waals surface area contributed by atoms with Crippen molar-refractivity contribution in [1.82, 2.24) is 25.3 Å². The lowest BCUT2D eigenvalue weighted by Crippen LogP contribution is -2.15. The predicted octanol–water partition coefficient (Wildman–Crippen LogP) is 1.90. The van der Waals surface area contributed by atoms with Crippen LogP contribution in [0.25, 0.3) is 5.65 Å². The summed E-state index contributed by atoms with van der Waals surface area (Å²) in [6.07, 6.45) is 8.40. The SMILES string of the molecule is c1cc2nnnn2nc1N[C@@H]1C[C@H]1C1CCCCC1. The Labute approximate surface area is 111 Å². The molecule has 0 radical (unpaired) electrons. The van der Waals surface area contributed by atoms with E-state index in [0.717, 1.165) is 17.7 Å². The highest BCUT2D eigenvalue weighted by molar-refractivity contribution is 5.43. The molecule has 2 saturated carbocycles. The molecule has 0 spiro atoms. The van der Waals surface area contributed by atoms with Gasteiger partial charge in [-0.05, 0) is 40.8 Å². The molecule has 2 atom stereocenters. The molecule has 0 aliphatic heterocycles. The monoisotopic (exact) mass is 258 g/mol. The molecule has 0 saturated heterocycles. The first-order chi connectivity index (χ1) is 9.40. The highest BCUT2D eigenvalue weighted by Gasteiger charge is 2.43. The normalized spacial score (nSPS) is 27.6. The van der Waals surface area contributed by atoms with Gasteiger partial charge < -0.3 is 5.32 Å². The topological polar surface area (TPSA) is 68.0 Å². The highest BCUT2D eigenvalue weighted by atomic mass is 15.6. The van der Waals surface area contributed by atoms with Gasteiger partial charge in [0.2, 0.25) is 0 Å². The maximum Gasteiger partial charge on any atom is 0.200 e. The number of hydrogen-bond donors (Lipinski definition) is 1. The largest absolute Gasteiger partial charge is 0.366 e. The molecule has 0 aromatic carbocycles. The molecule has 2 fully saturated rings. The Hall–Kier alpha value is -1.72. The summed E-state index contributed by atoms with van der Waals surface area (Å²) in [5, 5.41) is 19.2. The minimum atomic E-state index is 0.601. The lowest BCUT2D eigenvalue weighted by atomic mass is 9.85. The van der Waals surface area contributed by atoms with Crippen molar-refractivity contribution in [3.8, 4) is 0 Å². The second-order valence-electron chi connectivity index (χ2n) is 5.79. The second kappa shape index (κ2) is 4.43. The number of fused-ring (bicyclic) bond motifs is 1. The summed E-state index contributed by atoms with van der Waals surface area (Å²) in [4.78, 5) is 0. The molecule has 0 unspecified atom stereocenters. The third-order valence-corrected chi connectivity index (χ3v) is 4.50. The molecule has 6 heteroatoms. The van der Waals surface area contributed by atoms with Crippen LogP contribution in [0, 0.1) is 11.8 Å². The van der Waals surface area contributed by atoms with Crippen LogP contribution in [0.2, 0.25) is 0 Å². The van der Waals surface area contributed by atoms with E-state index in [2.05, 4.69) is 25.9 Å². The van der Waals surface area contributed by atoms with Gasteiger partial charge in [-0.2, -0.15) is 0 Å². The van der Waals surface area contributed by atoms with Crippen LogP contribution in [0.1, 0.15) is 38.5 Å². The summed E-state index contributed by atoms with van der Waals surface area (Å²) in [5.41, 5.74) is 0.685. The summed E-state index contributed by atoms with van der Waals surface area (Å²) in [5.74, 6) is 2.66. The molecule has 2 heterocycles. The third-order valence-electron chi connectivity index (χ3n) is 4.50. The Balaban J connectivity index is 1.42. The fraction of sp³-hybridized carbons (Fsp3) is 0.692. The van der Waals surface area contributed by atoms with Gasteiger partial charge in [-0.1, -0.05) is 32.1 Å². The molecular formula is C13H18N6. The fourth-order valence-corrected chi connectivity index (χ4v) is 3.38. The molecule has 1 N–H and O–H groups in total. The molecule has 0 bridgehead atoms. The summed E-state index contributed by atoms with van der Waals surface area (Å²) >= 11 is 0. The fourth-order valence-electron chi connectivity index (χ4n) is 3.38. The molecule has 100 valence electrons. The van der Waals surface area contributed by atoms with Gasteiger partial charge in [-0.25, -0.2) is 0 Å². The predicted molar refractivity (Wildman–Crippen MR) is 70.7 cm³/mol. The molecule has 6 nitrogen and oxygen atoms in total. The van der Waals surface area contributed by atoms with E-state index in [1.807, 2.05) is 12.1 Å². The highest BCUT2D eigenvalue weighted by Crippen LogP contribution is 2.45. The van der Waals surface area contributed by atoms with Crippen molar-refractivity contribution in [3.05, 3.63) is 12.1 Å². The van der Waals surface area contributed by atoms with Crippen LogP contribution in [0.5, 0.6) is 0 Å². The number of aromatic nitrogens is 5. The van der Waals surface area contributed by atoms with Crippen LogP contribution < -0.4 is 5.32 Å². The van der Waals surface area contributed by atoms with Gasteiger partial charge in [0.15, 0.2) is 5.65 Å². The Morgan fingerprint density at radius 1 is 1.16 bits per heavy atom. The Morgan fingerprint density at radius 2 is 2.05 bits per heavy atom. The molecule has 2 aromatic rings. The number of nitrogens with zero attached hydrogens (tertiary/aromatic N) is 5. The number of rotatable bonds is 3. The Bertz CT molecular complexity index is 573. The van der Waals surface area contributed by atoms with Crippen molar-refractivity contribution in [2.75, 3.05) is 5.32 Å². The van der Waals surface area contributed by atoms with Crippen molar-refractivity contribution < 1.29 is 0 Å². The van der Waals surface area contributed by atoms with Gasteiger partial charge in [-0.15, -0.1) is 14.8 Å². The van der Waals surface area contributed by atoms with E-state index in [4.69, 9.17) is 0 Å². The first-order valence-corrected chi connectivity index (χ1v) is 7.22. The molecule has 2 aliphatic rings. The van der Waals surface area contributed by atoms with Crippen LogP contribution in [-0.4, -0.2) is 31.3 Å². The Morgan fingerprint density at radius 3 is 2.95 bits per heavy atom.